The Hall–Kier alpha value is -3.42. The van der Waals surface area contributed by atoms with Crippen LogP contribution in [0.4, 0.5) is 10.1 Å². The Kier molecular flexibility index (Phi) is 6.62. The van der Waals surface area contributed by atoms with Gasteiger partial charge < -0.3 is 15.2 Å². The molecule has 0 radical (unpaired) electrons. The summed E-state index contributed by atoms with van der Waals surface area (Å²) in [4.78, 5) is 30.2. The summed E-state index contributed by atoms with van der Waals surface area (Å²) in [5.74, 6) is -0.589. The minimum absolute atomic E-state index is 0.0465. The van der Waals surface area contributed by atoms with Crippen molar-refractivity contribution in [3.05, 3.63) is 94.0 Å². The molecule has 0 saturated carbocycles. The van der Waals surface area contributed by atoms with Gasteiger partial charge in [0.25, 0.3) is 5.91 Å². The number of aromatic nitrogens is 2. The van der Waals surface area contributed by atoms with Crippen LogP contribution < -0.4 is 10.6 Å². The monoisotopic (exact) mass is 484 g/mol. The molecule has 0 bridgehead atoms. The second-order valence-corrected chi connectivity index (χ2v) is 8.26. The molecule has 4 rings (SSSR count). The maximum Gasteiger partial charge on any atom is 0.253 e. The van der Waals surface area contributed by atoms with Crippen molar-refractivity contribution in [3.8, 4) is 0 Å². The Morgan fingerprint density at radius 1 is 1.06 bits per heavy atom. The molecule has 0 aliphatic rings. The molecule has 0 spiro atoms. The zero-order chi connectivity index (χ0) is 23.5. The first-order valence-corrected chi connectivity index (χ1v) is 10.8. The van der Waals surface area contributed by atoms with Crippen LogP contribution in [0.3, 0.4) is 0 Å². The van der Waals surface area contributed by atoms with Crippen LogP contribution in [-0.2, 0) is 11.3 Å². The summed E-state index contributed by atoms with van der Waals surface area (Å²) in [5.41, 5.74) is 2.19. The van der Waals surface area contributed by atoms with Crippen molar-refractivity contribution in [1.82, 2.24) is 14.9 Å². The van der Waals surface area contributed by atoms with Crippen LogP contribution in [0.25, 0.3) is 11.0 Å². The Morgan fingerprint density at radius 2 is 1.79 bits per heavy atom. The lowest BCUT2D eigenvalue weighted by Crippen LogP contribution is -2.30. The summed E-state index contributed by atoms with van der Waals surface area (Å²) in [6.07, 6.45) is 0. The fraction of sp³-hybridized carbons (Fsp3) is 0.125. The average molecular weight is 485 g/mol. The normalized spacial score (nSPS) is 11.9. The lowest BCUT2D eigenvalue weighted by molar-refractivity contribution is -0.116. The number of nitrogens with zero attached hydrogens (tertiary/aromatic N) is 2. The summed E-state index contributed by atoms with van der Waals surface area (Å²) < 4.78 is 14.9. The van der Waals surface area contributed by atoms with Crippen LogP contribution in [0.5, 0.6) is 0 Å². The molecule has 1 atom stereocenters. The lowest BCUT2D eigenvalue weighted by Gasteiger charge is -2.17. The van der Waals surface area contributed by atoms with Crippen molar-refractivity contribution in [3.63, 3.8) is 0 Å². The van der Waals surface area contributed by atoms with Crippen LogP contribution in [0.2, 0.25) is 10.0 Å². The largest absolute Gasteiger partial charge is 0.342 e. The molecular formula is C24H19Cl2FN4O2. The zero-order valence-electron chi connectivity index (χ0n) is 17.5. The Labute approximate surface area is 199 Å². The SMILES string of the molecule is C[C@@H](NC(=O)c1ccc(Cl)cc1Cl)c1nc2ccccc2n1CC(=O)Nc1ccc(F)cc1. The minimum Gasteiger partial charge on any atom is -0.342 e. The molecule has 2 N–H and O–H groups in total. The second-order valence-electron chi connectivity index (χ2n) is 7.42. The van der Waals surface area contributed by atoms with Crippen molar-refractivity contribution in [2.45, 2.75) is 19.5 Å². The maximum atomic E-state index is 13.1. The van der Waals surface area contributed by atoms with Crippen molar-refractivity contribution in [1.29, 1.82) is 0 Å². The van der Waals surface area contributed by atoms with Gasteiger partial charge in [-0.25, -0.2) is 9.37 Å². The van der Waals surface area contributed by atoms with E-state index in [-0.39, 0.29) is 28.9 Å². The highest BCUT2D eigenvalue weighted by molar-refractivity contribution is 6.36. The first-order chi connectivity index (χ1) is 15.8. The molecule has 1 aromatic heterocycles. The number of anilines is 1. The van der Waals surface area contributed by atoms with E-state index in [1.165, 1.54) is 30.3 Å². The standard InChI is InChI=1S/C24H19Cl2FN4O2/c1-14(28-24(33)18-11-6-15(25)12-19(18)26)23-30-20-4-2-3-5-21(20)31(23)13-22(32)29-17-9-7-16(27)8-10-17/h2-12,14H,13H2,1H3,(H,28,33)(H,29,32)/t14-/m1/s1. The predicted molar refractivity (Wildman–Crippen MR) is 127 cm³/mol. The number of para-hydroxylation sites is 2. The van der Waals surface area contributed by atoms with E-state index < -0.39 is 11.9 Å². The number of carbonyl (C=O) groups excluding carboxylic acids is 2. The van der Waals surface area contributed by atoms with Gasteiger partial charge in [0.1, 0.15) is 18.2 Å². The fourth-order valence-corrected chi connectivity index (χ4v) is 3.98. The Balaban J connectivity index is 1.59. The Bertz CT molecular complexity index is 1340. The molecule has 9 heteroatoms. The number of rotatable bonds is 6. The molecule has 1 heterocycles. The van der Waals surface area contributed by atoms with Gasteiger partial charge in [0.05, 0.1) is 27.7 Å². The fourth-order valence-electron chi connectivity index (χ4n) is 3.48. The molecule has 6 nitrogen and oxygen atoms in total. The van der Waals surface area contributed by atoms with Crippen LogP contribution in [0.15, 0.2) is 66.7 Å². The van der Waals surface area contributed by atoms with Gasteiger partial charge in [0, 0.05) is 10.7 Å². The summed E-state index contributed by atoms with van der Waals surface area (Å²) in [5, 5.41) is 6.29. The van der Waals surface area contributed by atoms with Crippen LogP contribution in [-0.4, -0.2) is 21.4 Å². The Morgan fingerprint density at radius 3 is 2.52 bits per heavy atom. The first-order valence-electron chi connectivity index (χ1n) is 10.1. The zero-order valence-corrected chi connectivity index (χ0v) is 19.0. The van der Waals surface area contributed by atoms with E-state index in [9.17, 15) is 14.0 Å². The van der Waals surface area contributed by atoms with Gasteiger partial charge in [-0.15, -0.1) is 0 Å². The van der Waals surface area contributed by atoms with Gasteiger partial charge in [-0.3, -0.25) is 9.59 Å². The van der Waals surface area contributed by atoms with E-state index in [4.69, 9.17) is 23.2 Å². The number of hydrogen-bond acceptors (Lipinski definition) is 3. The molecule has 0 saturated heterocycles. The molecule has 0 aliphatic carbocycles. The second kappa shape index (κ2) is 9.60. The number of nitrogens with one attached hydrogen (secondary N) is 2. The van der Waals surface area contributed by atoms with Crippen molar-refractivity contribution in [2.24, 2.45) is 0 Å². The smallest absolute Gasteiger partial charge is 0.253 e. The van der Waals surface area contributed by atoms with E-state index >= 15 is 0 Å². The molecule has 168 valence electrons. The maximum absolute atomic E-state index is 13.1. The third-order valence-corrected chi connectivity index (χ3v) is 5.57. The van der Waals surface area contributed by atoms with Crippen molar-refractivity contribution >= 4 is 51.7 Å². The van der Waals surface area contributed by atoms with Crippen LogP contribution >= 0.6 is 23.2 Å². The highest BCUT2D eigenvalue weighted by atomic mass is 35.5. The summed E-state index contributed by atoms with van der Waals surface area (Å²) in [6, 6.07) is 17.0. The number of carbonyl (C=O) groups is 2. The van der Waals surface area contributed by atoms with Gasteiger partial charge >= 0.3 is 0 Å². The van der Waals surface area contributed by atoms with Crippen LogP contribution in [0, 0.1) is 5.82 Å². The summed E-state index contributed by atoms with van der Waals surface area (Å²) in [7, 11) is 0. The molecule has 3 aromatic carbocycles. The minimum atomic E-state index is -0.532. The third-order valence-electron chi connectivity index (χ3n) is 5.02. The molecule has 0 aliphatic heterocycles. The summed E-state index contributed by atoms with van der Waals surface area (Å²) >= 11 is 12.1. The van der Waals surface area contributed by atoms with Crippen LogP contribution in [0.1, 0.15) is 29.1 Å². The van der Waals surface area contributed by atoms with Gasteiger partial charge in [-0.1, -0.05) is 35.3 Å². The highest BCUT2D eigenvalue weighted by Crippen LogP contribution is 2.24. The van der Waals surface area contributed by atoms with Gasteiger partial charge in [-0.2, -0.15) is 0 Å². The van der Waals surface area contributed by atoms with E-state index in [2.05, 4.69) is 15.6 Å². The molecular weight excluding hydrogens is 466 g/mol. The lowest BCUT2D eigenvalue weighted by atomic mass is 10.2. The molecule has 33 heavy (non-hydrogen) atoms. The van der Waals surface area contributed by atoms with Crippen molar-refractivity contribution in [2.75, 3.05) is 5.32 Å². The van der Waals surface area contributed by atoms with Crippen molar-refractivity contribution < 1.29 is 14.0 Å². The van der Waals surface area contributed by atoms with Gasteiger partial charge in [0.2, 0.25) is 5.91 Å². The quantitative estimate of drug-likeness (QED) is 0.373. The van der Waals surface area contributed by atoms with Gasteiger partial charge in [0.15, 0.2) is 0 Å². The molecule has 0 fully saturated rings. The van der Waals surface area contributed by atoms with E-state index in [0.717, 1.165) is 5.52 Å². The number of benzene rings is 3. The van der Waals surface area contributed by atoms with E-state index in [1.54, 1.807) is 23.6 Å². The van der Waals surface area contributed by atoms with Gasteiger partial charge in [-0.05, 0) is 61.5 Å². The topological polar surface area (TPSA) is 76.0 Å². The van der Waals surface area contributed by atoms with E-state index in [1.807, 2.05) is 24.3 Å². The molecule has 2 amide bonds. The molecule has 0 unspecified atom stereocenters. The molecule has 4 aromatic rings. The number of imidazole rings is 1. The number of hydrogen-bond donors (Lipinski definition) is 2. The third kappa shape index (κ3) is 5.16. The summed E-state index contributed by atoms with van der Waals surface area (Å²) in [6.45, 7) is 1.73. The first kappa shape index (κ1) is 22.8. The number of fused-ring (bicyclic) bond motifs is 1. The average Bonchev–Trinajstić information content (AvgIpc) is 3.13. The number of amides is 2. The highest BCUT2D eigenvalue weighted by Gasteiger charge is 2.21. The predicted octanol–water partition coefficient (Wildman–Crippen LogP) is 5.61. The van der Waals surface area contributed by atoms with E-state index in [0.29, 0.717) is 22.1 Å². The number of halogens is 3.